The van der Waals surface area contributed by atoms with Gasteiger partial charge in [-0.1, -0.05) is 6.92 Å². The zero-order valence-corrected chi connectivity index (χ0v) is 10.4. The Morgan fingerprint density at radius 3 is 2.88 bits per heavy atom. The van der Waals surface area contributed by atoms with Gasteiger partial charge < -0.3 is 4.74 Å². The van der Waals surface area contributed by atoms with Crippen LogP contribution in [0.2, 0.25) is 0 Å². The first kappa shape index (κ1) is 13.2. The van der Waals surface area contributed by atoms with Crippen molar-refractivity contribution in [1.29, 1.82) is 0 Å². The van der Waals surface area contributed by atoms with Crippen LogP contribution in [0.5, 0.6) is 0 Å². The average Bonchev–Trinajstić information content (AvgIpc) is 2.66. The number of ether oxygens (including phenoxy) is 1. The van der Waals surface area contributed by atoms with Crippen molar-refractivity contribution in [2.45, 2.75) is 32.2 Å². The lowest BCUT2D eigenvalue weighted by molar-refractivity contribution is 0.188. The number of methoxy groups -OCH3 is 1. The molecule has 92 valence electrons. The van der Waals surface area contributed by atoms with Crippen molar-refractivity contribution in [2.24, 2.45) is 12.9 Å². The van der Waals surface area contributed by atoms with Crippen molar-refractivity contribution in [1.82, 2.24) is 15.2 Å². The van der Waals surface area contributed by atoms with Crippen LogP contribution in [0, 0.1) is 0 Å². The number of nitrogens with one attached hydrogen (secondary N) is 1. The number of rotatable bonds is 7. The molecule has 0 fully saturated rings. The van der Waals surface area contributed by atoms with Gasteiger partial charge in [0.05, 0.1) is 17.4 Å². The van der Waals surface area contributed by atoms with Gasteiger partial charge in [0.15, 0.2) is 0 Å². The molecule has 1 heterocycles. The second-order valence-corrected chi connectivity index (χ2v) is 3.89. The lowest BCUT2D eigenvalue weighted by Gasteiger charge is -2.15. The van der Waals surface area contributed by atoms with Crippen LogP contribution in [0.15, 0.2) is 6.07 Å². The maximum Gasteiger partial charge on any atom is 0.0629 e. The lowest BCUT2D eigenvalue weighted by atomic mass is 10.1. The van der Waals surface area contributed by atoms with Crippen LogP contribution in [-0.4, -0.2) is 23.5 Å². The Balaban J connectivity index is 2.66. The zero-order chi connectivity index (χ0) is 12.0. The molecule has 5 nitrogen and oxygen atoms in total. The Bertz CT molecular complexity index is 311. The average molecular weight is 226 g/mol. The van der Waals surface area contributed by atoms with E-state index in [-0.39, 0.29) is 6.04 Å². The molecule has 5 heteroatoms. The molecule has 0 aliphatic heterocycles. The quantitative estimate of drug-likeness (QED) is 0.412. The van der Waals surface area contributed by atoms with Crippen molar-refractivity contribution >= 4 is 0 Å². The molecule has 0 amide bonds. The molecule has 0 saturated heterocycles. The molecule has 0 spiro atoms. The van der Waals surface area contributed by atoms with Crippen LogP contribution >= 0.6 is 0 Å². The maximum atomic E-state index is 5.57. The summed E-state index contributed by atoms with van der Waals surface area (Å²) in [7, 11) is 3.67. The van der Waals surface area contributed by atoms with Crippen molar-refractivity contribution < 1.29 is 4.74 Å². The molecule has 3 N–H and O–H groups in total. The highest BCUT2D eigenvalue weighted by atomic mass is 16.5. The minimum atomic E-state index is 0.146. The van der Waals surface area contributed by atoms with Crippen LogP contribution in [0.4, 0.5) is 0 Å². The minimum Gasteiger partial charge on any atom is -0.385 e. The molecule has 0 aliphatic rings. The van der Waals surface area contributed by atoms with Crippen molar-refractivity contribution in [3.05, 3.63) is 17.5 Å². The Kier molecular flexibility index (Phi) is 5.45. The summed E-state index contributed by atoms with van der Waals surface area (Å²) in [6.45, 7) is 2.86. The number of nitrogens with zero attached hydrogens (tertiary/aromatic N) is 2. The van der Waals surface area contributed by atoms with Gasteiger partial charge in [0, 0.05) is 20.8 Å². The van der Waals surface area contributed by atoms with Crippen LogP contribution < -0.4 is 11.3 Å². The molecule has 1 atom stereocenters. The minimum absolute atomic E-state index is 0.146. The summed E-state index contributed by atoms with van der Waals surface area (Å²) in [5.74, 6) is 5.57. The third-order valence-electron chi connectivity index (χ3n) is 2.73. The van der Waals surface area contributed by atoms with E-state index in [0.29, 0.717) is 0 Å². The van der Waals surface area contributed by atoms with Gasteiger partial charge in [-0.25, -0.2) is 0 Å². The summed E-state index contributed by atoms with van der Waals surface area (Å²) < 4.78 is 6.94. The Labute approximate surface area is 96.9 Å². The van der Waals surface area contributed by atoms with Gasteiger partial charge in [0.2, 0.25) is 0 Å². The summed E-state index contributed by atoms with van der Waals surface area (Å²) >= 11 is 0. The van der Waals surface area contributed by atoms with Crippen LogP contribution in [-0.2, 0) is 18.2 Å². The van der Waals surface area contributed by atoms with E-state index in [1.165, 1.54) is 0 Å². The van der Waals surface area contributed by atoms with Crippen molar-refractivity contribution in [3.8, 4) is 0 Å². The molecule has 0 aromatic carbocycles. The number of hydrazine groups is 1. The van der Waals surface area contributed by atoms with E-state index in [1.807, 2.05) is 11.7 Å². The molecule has 1 rings (SSSR count). The van der Waals surface area contributed by atoms with Crippen LogP contribution in [0.1, 0.15) is 37.2 Å². The molecule has 0 aliphatic carbocycles. The van der Waals surface area contributed by atoms with E-state index in [9.17, 15) is 0 Å². The summed E-state index contributed by atoms with van der Waals surface area (Å²) in [4.78, 5) is 0. The molecule has 0 radical (unpaired) electrons. The van der Waals surface area contributed by atoms with Gasteiger partial charge in [-0.15, -0.1) is 0 Å². The highest BCUT2D eigenvalue weighted by molar-refractivity contribution is 5.14. The van der Waals surface area contributed by atoms with Crippen molar-refractivity contribution in [3.63, 3.8) is 0 Å². The summed E-state index contributed by atoms with van der Waals surface area (Å²) in [6.07, 6.45) is 2.88. The first-order valence-corrected chi connectivity index (χ1v) is 5.70. The summed E-state index contributed by atoms with van der Waals surface area (Å²) in [5.41, 5.74) is 5.08. The smallest absolute Gasteiger partial charge is 0.0629 e. The summed E-state index contributed by atoms with van der Waals surface area (Å²) in [5, 5.41) is 4.42. The molecule has 0 saturated carbocycles. The van der Waals surface area contributed by atoms with E-state index < -0.39 is 0 Å². The second kappa shape index (κ2) is 6.62. The van der Waals surface area contributed by atoms with Crippen LogP contribution in [0.25, 0.3) is 0 Å². The standard InChI is InChI=1S/C11H22N4O/c1-4-9-8-11(15(2)14-9)10(13-12)6-5-7-16-3/h8,10,13H,4-7,12H2,1-3H3. The Morgan fingerprint density at radius 1 is 1.62 bits per heavy atom. The van der Waals surface area contributed by atoms with Gasteiger partial charge in [-0.3, -0.25) is 16.0 Å². The molecule has 1 unspecified atom stereocenters. The van der Waals surface area contributed by atoms with E-state index in [2.05, 4.69) is 23.5 Å². The largest absolute Gasteiger partial charge is 0.385 e. The number of aromatic nitrogens is 2. The summed E-state index contributed by atoms with van der Waals surface area (Å²) in [6, 6.07) is 2.25. The van der Waals surface area contributed by atoms with Gasteiger partial charge >= 0.3 is 0 Å². The lowest BCUT2D eigenvalue weighted by Crippen LogP contribution is -2.29. The van der Waals surface area contributed by atoms with Gasteiger partial charge in [0.1, 0.15) is 0 Å². The number of aryl methyl sites for hydroxylation is 2. The number of nitrogens with two attached hydrogens (primary N) is 1. The Hall–Kier alpha value is -0.910. The molecule has 0 bridgehead atoms. The fraction of sp³-hybridized carbons (Fsp3) is 0.727. The third kappa shape index (κ3) is 3.30. The fourth-order valence-electron chi connectivity index (χ4n) is 1.79. The van der Waals surface area contributed by atoms with E-state index >= 15 is 0 Å². The van der Waals surface area contributed by atoms with E-state index in [4.69, 9.17) is 10.6 Å². The van der Waals surface area contributed by atoms with Gasteiger partial charge in [0.25, 0.3) is 0 Å². The maximum absolute atomic E-state index is 5.57. The zero-order valence-electron chi connectivity index (χ0n) is 10.4. The molecular formula is C11H22N4O. The first-order valence-electron chi connectivity index (χ1n) is 5.70. The third-order valence-corrected chi connectivity index (χ3v) is 2.73. The number of hydrogen-bond donors (Lipinski definition) is 2. The van der Waals surface area contributed by atoms with Gasteiger partial charge in [-0.2, -0.15) is 5.10 Å². The predicted octanol–water partition coefficient (Wildman–Crippen LogP) is 0.913. The predicted molar refractivity (Wildman–Crippen MR) is 63.8 cm³/mol. The molecule has 1 aromatic rings. The monoisotopic (exact) mass is 226 g/mol. The normalized spacial score (nSPS) is 13.0. The molecule has 16 heavy (non-hydrogen) atoms. The van der Waals surface area contributed by atoms with E-state index in [1.54, 1.807) is 7.11 Å². The first-order chi connectivity index (χ1) is 7.72. The molecular weight excluding hydrogens is 204 g/mol. The van der Waals surface area contributed by atoms with Gasteiger partial charge in [-0.05, 0) is 25.3 Å². The highest BCUT2D eigenvalue weighted by Gasteiger charge is 2.14. The SMILES string of the molecule is CCc1cc(C(CCCOC)NN)n(C)n1. The highest BCUT2D eigenvalue weighted by Crippen LogP contribution is 2.18. The van der Waals surface area contributed by atoms with Crippen molar-refractivity contribution in [2.75, 3.05) is 13.7 Å². The topological polar surface area (TPSA) is 65.1 Å². The molecule has 1 aromatic heterocycles. The van der Waals surface area contributed by atoms with E-state index in [0.717, 1.165) is 37.3 Å². The number of hydrogen-bond acceptors (Lipinski definition) is 4. The second-order valence-electron chi connectivity index (χ2n) is 3.89. The fourth-order valence-corrected chi connectivity index (χ4v) is 1.79. The Morgan fingerprint density at radius 2 is 2.38 bits per heavy atom. The van der Waals surface area contributed by atoms with Crippen LogP contribution in [0.3, 0.4) is 0 Å².